The van der Waals surface area contributed by atoms with Crippen molar-refractivity contribution in [2.75, 3.05) is 6.61 Å². The Hall–Kier alpha value is -0.570. The minimum Gasteiger partial charge on any atom is -0.459 e. The van der Waals surface area contributed by atoms with Gasteiger partial charge in [0.05, 0.1) is 0 Å². The van der Waals surface area contributed by atoms with E-state index in [-0.39, 0.29) is 12.6 Å². The van der Waals surface area contributed by atoms with E-state index in [1.165, 1.54) is 6.61 Å². The van der Waals surface area contributed by atoms with E-state index >= 15 is 0 Å². The molecular formula is C6H11O3. The zero-order valence-electron chi connectivity index (χ0n) is 5.46. The molecule has 3 nitrogen and oxygen atoms in total. The van der Waals surface area contributed by atoms with Crippen molar-refractivity contribution in [1.29, 1.82) is 0 Å². The number of hydrogen-bond donors (Lipinski definition) is 1. The minimum absolute atomic E-state index is 0.0405. The molecule has 0 spiro atoms. The highest BCUT2D eigenvalue weighted by Crippen LogP contribution is 1.91. The first kappa shape index (κ1) is 8.43. The van der Waals surface area contributed by atoms with Crippen molar-refractivity contribution in [2.24, 2.45) is 0 Å². The highest BCUT2D eigenvalue weighted by molar-refractivity contribution is 5.69. The molecule has 0 aliphatic rings. The zero-order chi connectivity index (χ0) is 7.11. The number of hydrogen-bond acceptors (Lipinski definition) is 3. The van der Waals surface area contributed by atoms with Crippen LogP contribution in [-0.4, -0.2) is 17.7 Å². The second-order valence-electron chi connectivity index (χ2n) is 1.55. The molecule has 0 aromatic rings. The summed E-state index contributed by atoms with van der Waals surface area (Å²) in [7, 11) is 0. The van der Waals surface area contributed by atoms with Crippen molar-refractivity contribution >= 4 is 5.97 Å². The molecule has 0 amide bonds. The van der Waals surface area contributed by atoms with Crippen molar-refractivity contribution in [3.05, 3.63) is 6.61 Å². The molecule has 0 aromatic carbocycles. The van der Waals surface area contributed by atoms with E-state index in [1.807, 2.05) is 0 Å². The standard InChI is InChI=1S/C6H11O3/c1-2-9-6(8)4-3-5-7/h2,7H,3-5H2,1H3. The van der Waals surface area contributed by atoms with Crippen molar-refractivity contribution in [3.63, 3.8) is 0 Å². The maximum absolute atomic E-state index is 10.4. The van der Waals surface area contributed by atoms with Crippen LogP contribution in [0.1, 0.15) is 19.8 Å². The zero-order valence-corrected chi connectivity index (χ0v) is 5.46. The summed E-state index contributed by atoms with van der Waals surface area (Å²) < 4.78 is 4.47. The van der Waals surface area contributed by atoms with Crippen LogP contribution < -0.4 is 0 Å². The molecule has 0 fully saturated rings. The Bertz CT molecular complexity index is 80.4. The molecular weight excluding hydrogens is 120 g/mol. The Labute approximate surface area is 54.6 Å². The van der Waals surface area contributed by atoms with Crippen molar-refractivity contribution in [2.45, 2.75) is 19.8 Å². The number of aliphatic hydroxyl groups is 1. The van der Waals surface area contributed by atoms with Crippen LogP contribution in [0, 0.1) is 6.61 Å². The van der Waals surface area contributed by atoms with E-state index in [0.29, 0.717) is 12.8 Å². The van der Waals surface area contributed by atoms with Gasteiger partial charge in [-0.2, -0.15) is 0 Å². The molecule has 1 radical (unpaired) electrons. The first-order valence-corrected chi connectivity index (χ1v) is 2.89. The predicted octanol–water partition coefficient (Wildman–Crippen LogP) is 0.484. The van der Waals surface area contributed by atoms with Gasteiger partial charge in [0.25, 0.3) is 0 Å². The molecule has 0 saturated carbocycles. The highest BCUT2D eigenvalue weighted by Gasteiger charge is 1.98. The van der Waals surface area contributed by atoms with Gasteiger partial charge in [0, 0.05) is 13.0 Å². The number of carbonyl (C=O) groups excluding carboxylic acids is 1. The topological polar surface area (TPSA) is 46.5 Å². The van der Waals surface area contributed by atoms with E-state index in [2.05, 4.69) is 4.74 Å². The summed E-state index contributed by atoms with van der Waals surface area (Å²) in [5.74, 6) is -0.286. The number of rotatable bonds is 4. The summed E-state index contributed by atoms with van der Waals surface area (Å²) in [6.07, 6.45) is 0.771. The summed E-state index contributed by atoms with van der Waals surface area (Å²) in [5, 5.41) is 8.27. The Morgan fingerprint density at radius 2 is 2.44 bits per heavy atom. The Kier molecular flexibility index (Phi) is 5.21. The van der Waals surface area contributed by atoms with Crippen LogP contribution in [0.3, 0.4) is 0 Å². The predicted molar refractivity (Wildman–Crippen MR) is 32.4 cm³/mol. The number of ether oxygens (including phenoxy) is 1. The Morgan fingerprint density at radius 1 is 1.78 bits per heavy atom. The van der Waals surface area contributed by atoms with Gasteiger partial charge in [-0.05, 0) is 13.3 Å². The second kappa shape index (κ2) is 5.56. The average Bonchev–Trinajstić information content (AvgIpc) is 1.85. The lowest BCUT2D eigenvalue weighted by Crippen LogP contribution is -2.01. The second-order valence-corrected chi connectivity index (χ2v) is 1.55. The average molecular weight is 131 g/mol. The number of esters is 1. The third-order valence-electron chi connectivity index (χ3n) is 0.788. The van der Waals surface area contributed by atoms with Crippen LogP contribution in [0.4, 0.5) is 0 Å². The lowest BCUT2D eigenvalue weighted by atomic mass is 10.3. The van der Waals surface area contributed by atoms with Gasteiger partial charge in [-0.1, -0.05) is 0 Å². The molecule has 0 saturated heterocycles. The van der Waals surface area contributed by atoms with E-state index in [9.17, 15) is 4.79 Å². The maximum Gasteiger partial charge on any atom is 0.306 e. The Balaban J connectivity index is 3.06. The summed E-state index contributed by atoms with van der Waals surface area (Å²) in [6.45, 7) is 3.01. The highest BCUT2D eigenvalue weighted by atomic mass is 16.5. The van der Waals surface area contributed by atoms with Gasteiger partial charge in [0.1, 0.15) is 6.61 Å². The van der Waals surface area contributed by atoms with Crippen LogP contribution in [0.25, 0.3) is 0 Å². The van der Waals surface area contributed by atoms with Gasteiger partial charge in [-0.15, -0.1) is 0 Å². The van der Waals surface area contributed by atoms with Gasteiger partial charge in [0.15, 0.2) is 0 Å². The summed E-state index contributed by atoms with van der Waals surface area (Å²) >= 11 is 0. The maximum atomic E-state index is 10.4. The Morgan fingerprint density at radius 3 is 2.89 bits per heavy atom. The molecule has 0 aromatic heterocycles. The molecule has 9 heavy (non-hydrogen) atoms. The van der Waals surface area contributed by atoms with Crippen LogP contribution in [0.2, 0.25) is 0 Å². The van der Waals surface area contributed by atoms with Crippen LogP contribution in [-0.2, 0) is 9.53 Å². The van der Waals surface area contributed by atoms with Gasteiger partial charge >= 0.3 is 5.97 Å². The summed E-state index contributed by atoms with van der Waals surface area (Å²) in [6, 6.07) is 0. The third-order valence-corrected chi connectivity index (χ3v) is 0.788. The monoisotopic (exact) mass is 131 g/mol. The molecule has 1 N–H and O–H groups in total. The molecule has 0 rings (SSSR count). The first-order chi connectivity index (χ1) is 4.31. The van der Waals surface area contributed by atoms with Crippen LogP contribution in [0.15, 0.2) is 0 Å². The molecule has 0 heterocycles. The lowest BCUT2D eigenvalue weighted by molar-refractivity contribution is -0.140. The number of aliphatic hydroxyl groups excluding tert-OH is 1. The summed E-state index contributed by atoms with van der Waals surface area (Å²) in [5.41, 5.74) is 0. The fourth-order valence-electron chi connectivity index (χ4n) is 0.414. The SMILES string of the molecule is C[CH]OC(=O)CCCO. The van der Waals surface area contributed by atoms with Gasteiger partial charge in [-0.25, -0.2) is 0 Å². The largest absolute Gasteiger partial charge is 0.459 e. The lowest BCUT2D eigenvalue weighted by Gasteiger charge is -1.96. The van der Waals surface area contributed by atoms with Crippen molar-refractivity contribution < 1.29 is 14.6 Å². The molecule has 0 aliphatic carbocycles. The van der Waals surface area contributed by atoms with E-state index < -0.39 is 0 Å². The van der Waals surface area contributed by atoms with E-state index in [1.54, 1.807) is 6.92 Å². The third kappa shape index (κ3) is 5.30. The normalized spacial score (nSPS) is 9.11. The van der Waals surface area contributed by atoms with Gasteiger partial charge < -0.3 is 9.84 Å². The fraction of sp³-hybridized carbons (Fsp3) is 0.667. The van der Waals surface area contributed by atoms with Gasteiger partial charge in [0.2, 0.25) is 0 Å². The first-order valence-electron chi connectivity index (χ1n) is 2.89. The molecule has 0 aliphatic heterocycles. The quantitative estimate of drug-likeness (QED) is 0.564. The van der Waals surface area contributed by atoms with Gasteiger partial charge in [-0.3, -0.25) is 4.79 Å². The van der Waals surface area contributed by atoms with Crippen molar-refractivity contribution in [3.8, 4) is 0 Å². The van der Waals surface area contributed by atoms with Crippen LogP contribution >= 0.6 is 0 Å². The molecule has 3 heteroatoms. The molecule has 53 valence electrons. The molecule has 0 unspecified atom stereocenters. The van der Waals surface area contributed by atoms with E-state index in [4.69, 9.17) is 5.11 Å². The molecule has 0 atom stereocenters. The molecule has 0 bridgehead atoms. The fourth-order valence-corrected chi connectivity index (χ4v) is 0.414. The van der Waals surface area contributed by atoms with E-state index in [0.717, 1.165) is 0 Å². The van der Waals surface area contributed by atoms with Crippen molar-refractivity contribution in [1.82, 2.24) is 0 Å². The summed E-state index contributed by atoms with van der Waals surface area (Å²) in [4.78, 5) is 10.4. The number of carbonyl (C=O) groups is 1. The smallest absolute Gasteiger partial charge is 0.306 e. The van der Waals surface area contributed by atoms with Crippen LogP contribution in [0.5, 0.6) is 0 Å². The minimum atomic E-state index is -0.286.